The van der Waals surface area contributed by atoms with Crippen molar-refractivity contribution >= 4 is 91.2 Å². The third kappa shape index (κ3) is 9.38. The Bertz CT molecular complexity index is 868. The van der Waals surface area contributed by atoms with Gasteiger partial charge >= 0.3 is 0 Å². The molecular formula is C20H28I3N3O10. The van der Waals surface area contributed by atoms with Gasteiger partial charge in [-0.25, -0.2) is 0 Å². The van der Waals surface area contributed by atoms with Crippen LogP contribution in [0.25, 0.3) is 0 Å². The zero-order valence-corrected chi connectivity index (χ0v) is 25.4. The van der Waals surface area contributed by atoms with Gasteiger partial charge in [-0.15, -0.1) is 0 Å². The number of benzene rings is 1. The highest BCUT2D eigenvalue weighted by atomic mass is 127. The molecule has 0 fully saturated rings. The average molecular weight is 851 g/mol. The Labute approximate surface area is 248 Å². The Hall–Kier alpha value is -0.460. The van der Waals surface area contributed by atoms with E-state index in [9.17, 15) is 29.7 Å². The highest BCUT2D eigenvalue weighted by molar-refractivity contribution is 14.1. The van der Waals surface area contributed by atoms with Crippen LogP contribution < -0.4 is 15.5 Å². The first-order valence-corrected chi connectivity index (χ1v) is 13.7. The second-order valence-corrected chi connectivity index (χ2v) is 10.4. The summed E-state index contributed by atoms with van der Waals surface area (Å²) in [5, 5.41) is 60.8. The zero-order valence-electron chi connectivity index (χ0n) is 18.9. The standard InChI is InChI=1S/C20H28I3N3O10/c21-15-13(19(34)24-5-10(31)7-29)16(22)18(26(1-2-27)12(33)9-36-4-3-28)17(23)14(15)20(35)25-6-11(32)8-30/h10-11,27-32H,1-9H2,(H,24,34)(H,25,35). The van der Waals surface area contributed by atoms with E-state index >= 15 is 0 Å². The van der Waals surface area contributed by atoms with E-state index in [4.69, 9.17) is 20.1 Å². The molecule has 0 saturated carbocycles. The highest BCUT2D eigenvalue weighted by Gasteiger charge is 2.32. The smallest absolute Gasteiger partial charge is 0.253 e. The van der Waals surface area contributed by atoms with E-state index in [-0.39, 0.29) is 60.4 Å². The molecule has 0 aliphatic carbocycles. The summed E-state index contributed by atoms with van der Waals surface area (Å²) in [7, 11) is 0. The molecule has 0 aliphatic rings. The SMILES string of the molecule is O=C(NCC(O)CO)c1c(I)c(C(=O)NCC(O)CO)c(I)c(N(CCO)C(=O)COCCO)c1I. The summed E-state index contributed by atoms with van der Waals surface area (Å²) in [5.74, 6) is -1.98. The Morgan fingerprint density at radius 3 is 1.67 bits per heavy atom. The predicted molar refractivity (Wildman–Crippen MR) is 153 cm³/mol. The number of nitrogens with one attached hydrogen (secondary N) is 2. The van der Waals surface area contributed by atoms with Gasteiger partial charge in [0, 0.05) is 23.2 Å². The van der Waals surface area contributed by atoms with Gasteiger partial charge in [0.15, 0.2) is 0 Å². The van der Waals surface area contributed by atoms with Crippen LogP contribution in [0.2, 0.25) is 0 Å². The third-order valence-corrected chi connectivity index (χ3v) is 7.70. The largest absolute Gasteiger partial charge is 0.395 e. The van der Waals surface area contributed by atoms with E-state index in [1.165, 1.54) is 0 Å². The number of aliphatic hydroxyl groups is 6. The zero-order chi connectivity index (χ0) is 27.4. The fraction of sp³-hybridized carbons (Fsp3) is 0.550. The number of hydrogen-bond acceptors (Lipinski definition) is 10. The van der Waals surface area contributed by atoms with Crippen LogP contribution in [0, 0.1) is 10.7 Å². The van der Waals surface area contributed by atoms with Crippen LogP contribution in [0.5, 0.6) is 0 Å². The monoisotopic (exact) mass is 851 g/mol. The van der Waals surface area contributed by atoms with Crippen molar-refractivity contribution < 1.29 is 49.8 Å². The molecule has 36 heavy (non-hydrogen) atoms. The van der Waals surface area contributed by atoms with Crippen molar-refractivity contribution in [3.8, 4) is 0 Å². The van der Waals surface area contributed by atoms with Crippen molar-refractivity contribution in [2.75, 3.05) is 64.2 Å². The van der Waals surface area contributed by atoms with Gasteiger partial charge < -0.3 is 50.9 Å². The molecule has 2 unspecified atom stereocenters. The minimum atomic E-state index is -1.22. The van der Waals surface area contributed by atoms with Gasteiger partial charge in [0.25, 0.3) is 17.7 Å². The quantitative estimate of drug-likeness (QED) is 0.0720. The van der Waals surface area contributed by atoms with Crippen molar-refractivity contribution in [3.05, 3.63) is 21.8 Å². The van der Waals surface area contributed by atoms with Crippen LogP contribution in [-0.4, -0.2) is 120 Å². The maximum Gasteiger partial charge on any atom is 0.253 e. The van der Waals surface area contributed by atoms with Gasteiger partial charge in [-0.05, 0) is 67.8 Å². The Kier molecular flexibility index (Phi) is 16.0. The van der Waals surface area contributed by atoms with Crippen molar-refractivity contribution in [1.29, 1.82) is 0 Å². The summed E-state index contributed by atoms with van der Waals surface area (Å²) in [6, 6.07) is 0. The normalized spacial score (nSPS) is 12.7. The average Bonchev–Trinajstić information content (AvgIpc) is 2.85. The number of halogens is 3. The molecular weight excluding hydrogens is 823 g/mol. The summed E-state index contributed by atoms with van der Waals surface area (Å²) < 4.78 is 5.87. The number of nitrogens with zero attached hydrogens (tertiary/aromatic N) is 1. The van der Waals surface area contributed by atoms with Gasteiger partial charge in [0.05, 0.1) is 69.2 Å². The van der Waals surface area contributed by atoms with E-state index in [0.717, 1.165) is 4.90 Å². The molecule has 0 heterocycles. The molecule has 0 bridgehead atoms. The molecule has 0 spiro atoms. The lowest BCUT2D eigenvalue weighted by atomic mass is 10.1. The first kappa shape index (κ1) is 33.6. The Morgan fingerprint density at radius 2 is 1.28 bits per heavy atom. The number of rotatable bonds is 15. The first-order chi connectivity index (χ1) is 17.0. The van der Waals surface area contributed by atoms with E-state index in [2.05, 4.69) is 10.6 Å². The van der Waals surface area contributed by atoms with Crippen LogP contribution in [-0.2, 0) is 9.53 Å². The van der Waals surface area contributed by atoms with E-state index < -0.39 is 56.4 Å². The molecule has 1 aromatic carbocycles. The predicted octanol–water partition coefficient (Wildman–Crippen LogP) is -2.00. The molecule has 16 heteroatoms. The molecule has 2 atom stereocenters. The molecule has 204 valence electrons. The number of anilines is 1. The van der Waals surface area contributed by atoms with Crippen molar-refractivity contribution in [1.82, 2.24) is 10.6 Å². The van der Waals surface area contributed by atoms with Crippen molar-refractivity contribution in [2.24, 2.45) is 0 Å². The van der Waals surface area contributed by atoms with Crippen LogP contribution in [0.15, 0.2) is 0 Å². The molecule has 1 rings (SSSR count). The lowest BCUT2D eigenvalue weighted by Crippen LogP contribution is -2.40. The number of hydrogen-bond donors (Lipinski definition) is 8. The minimum Gasteiger partial charge on any atom is -0.395 e. The molecule has 0 saturated heterocycles. The molecule has 13 nitrogen and oxygen atoms in total. The van der Waals surface area contributed by atoms with Gasteiger partial charge in [0.2, 0.25) is 0 Å². The van der Waals surface area contributed by atoms with Gasteiger partial charge in [-0.2, -0.15) is 0 Å². The van der Waals surface area contributed by atoms with Gasteiger partial charge in [-0.1, -0.05) is 0 Å². The first-order valence-electron chi connectivity index (χ1n) is 10.5. The summed E-state index contributed by atoms with van der Waals surface area (Å²) in [5.41, 5.74) is 0.178. The van der Waals surface area contributed by atoms with Gasteiger partial charge in [0.1, 0.15) is 6.61 Å². The molecule has 3 amide bonds. The maximum atomic E-state index is 13.1. The number of aliphatic hydroxyl groups excluding tert-OH is 6. The summed E-state index contributed by atoms with van der Waals surface area (Å²) >= 11 is 5.48. The number of carbonyl (C=O) groups is 3. The minimum absolute atomic E-state index is 0.0108. The fourth-order valence-corrected chi connectivity index (χ4v) is 7.50. The van der Waals surface area contributed by atoms with Gasteiger partial charge in [-0.3, -0.25) is 14.4 Å². The number of carbonyl (C=O) groups excluding carboxylic acids is 3. The summed E-state index contributed by atoms with van der Waals surface area (Å²) in [6.45, 7) is -3.20. The topological polar surface area (TPSA) is 209 Å². The second-order valence-electron chi connectivity index (χ2n) is 7.18. The Balaban J connectivity index is 3.69. The molecule has 1 aromatic rings. The van der Waals surface area contributed by atoms with Crippen LogP contribution >= 0.6 is 67.8 Å². The number of amides is 3. The Morgan fingerprint density at radius 1 is 0.806 bits per heavy atom. The van der Waals surface area contributed by atoms with E-state index in [1.54, 1.807) is 22.6 Å². The lowest BCUT2D eigenvalue weighted by Gasteiger charge is -2.28. The fourth-order valence-electron chi connectivity index (χ4n) is 2.78. The summed E-state index contributed by atoms with van der Waals surface area (Å²) in [6.07, 6.45) is -2.43. The maximum absolute atomic E-state index is 13.1. The highest BCUT2D eigenvalue weighted by Crippen LogP contribution is 2.38. The van der Waals surface area contributed by atoms with Crippen molar-refractivity contribution in [3.63, 3.8) is 0 Å². The lowest BCUT2D eigenvalue weighted by molar-refractivity contribution is -0.123. The molecule has 8 N–H and O–H groups in total. The van der Waals surface area contributed by atoms with E-state index in [1.807, 2.05) is 45.2 Å². The molecule has 0 aromatic heterocycles. The van der Waals surface area contributed by atoms with Crippen LogP contribution in [0.1, 0.15) is 20.7 Å². The van der Waals surface area contributed by atoms with E-state index in [0.29, 0.717) is 0 Å². The second kappa shape index (κ2) is 17.2. The van der Waals surface area contributed by atoms with Crippen molar-refractivity contribution in [2.45, 2.75) is 12.2 Å². The number of ether oxygens (including phenoxy) is 1. The summed E-state index contributed by atoms with van der Waals surface area (Å²) in [4.78, 5) is 40.3. The third-order valence-electron chi connectivity index (χ3n) is 4.52. The van der Waals surface area contributed by atoms with Crippen LogP contribution in [0.4, 0.5) is 5.69 Å². The molecule has 0 radical (unpaired) electrons. The molecule has 0 aliphatic heterocycles. The van der Waals surface area contributed by atoms with Crippen LogP contribution in [0.3, 0.4) is 0 Å².